The van der Waals surface area contributed by atoms with Gasteiger partial charge in [-0.2, -0.15) is 5.10 Å². The lowest BCUT2D eigenvalue weighted by Gasteiger charge is -2.05. The van der Waals surface area contributed by atoms with Crippen molar-refractivity contribution in [3.05, 3.63) is 29.7 Å². The third-order valence-electron chi connectivity index (χ3n) is 2.29. The highest BCUT2D eigenvalue weighted by Gasteiger charge is 2.03. The summed E-state index contributed by atoms with van der Waals surface area (Å²) in [6.07, 6.45) is 3.90. The van der Waals surface area contributed by atoms with Crippen molar-refractivity contribution in [2.24, 2.45) is 0 Å². The molecule has 0 fully saturated rings. The van der Waals surface area contributed by atoms with E-state index in [0.717, 1.165) is 17.3 Å². The number of hydrogen-bond donors (Lipinski definition) is 3. The van der Waals surface area contributed by atoms with Gasteiger partial charge in [-0.3, -0.25) is 5.10 Å². The Balaban J connectivity index is 2.19. The Kier molecular flexibility index (Phi) is 3.57. The van der Waals surface area contributed by atoms with Crippen LogP contribution in [0, 0.1) is 6.92 Å². The smallest absolute Gasteiger partial charge is 0.153 e. The van der Waals surface area contributed by atoms with E-state index >= 15 is 0 Å². The number of aromatic amines is 1. The van der Waals surface area contributed by atoms with E-state index < -0.39 is 0 Å². The summed E-state index contributed by atoms with van der Waals surface area (Å²) in [5.41, 5.74) is 0.944. The molecule has 6 heteroatoms. The van der Waals surface area contributed by atoms with Crippen LogP contribution >= 0.6 is 0 Å². The highest BCUT2D eigenvalue weighted by molar-refractivity contribution is 5.59. The molecule has 0 bridgehead atoms. The van der Waals surface area contributed by atoms with E-state index in [4.69, 9.17) is 0 Å². The Hall–Kier alpha value is -2.37. The van der Waals surface area contributed by atoms with Crippen LogP contribution in [0.2, 0.25) is 0 Å². The van der Waals surface area contributed by atoms with Gasteiger partial charge in [-0.1, -0.05) is 6.08 Å². The number of nitrogens with one attached hydrogen (secondary N) is 3. The maximum Gasteiger partial charge on any atom is 0.153 e. The van der Waals surface area contributed by atoms with Crippen molar-refractivity contribution in [1.82, 2.24) is 20.2 Å². The van der Waals surface area contributed by atoms with Crippen LogP contribution in [-0.4, -0.2) is 27.2 Å². The fourth-order valence-electron chi connectivity index (χ4n) is 1.56. The summed E-state index contributed by atoms with van der Waals surface area (Å²) in [6.45, 7) is 3.81. The molecule has 0 saturated heterocycles. The summed E-state index contributed by atoms with van der Waals surface area (Å²) in [6, 6.07) is 3.74. The van der Waals surface area contributed by atoms with Crippen molar-refractivity contribution in [2.75, 3.05) is 17.7 Å². The molecule has 6 nitrogen and oxygen atoms in total. The Bertz CT molecular complexity index is 557. The maximum absolute atomic E-state index is 4.30. The van der Waals surface area contributed by atoms with E-state index in [1.807, 2.05) is 45.2 Å². The average Bonchev–Trinajstić information content (AvgIpc) is 2.76. The van der Waals surface area contributed by atoms with Gasteiger partial charge in [-0.15, -0.1) is 0 Å². The second-order valence-electron chi connectivity index (χ2n) is 3.77. The second kappa shape index (κ2) is 5.31. The van der Waals surface area contributed by atoms with Crippen molar-refractivity contribution < 1.29 is 0 Å². The molecule has 2 rings (SSSR count). The highest BCUT2D eigenvalue weighted by Crippen LogP contribution is 2.16. The zero-order valence-corrected chi connectivity index (χ0v) is 10.7. The minimum absolute atomic E-state index is 0.702. The Morgan fingerprint density at radius 2 is 1.94 bits per heavy atom. The van der Waals surface area contributed by atoms with Gasteiger partial charge in [0.15, 0.2) is 5.82 Å². The van der Waals surface area contributed by atoms with Gasteiger partial charge >= 0.3 is 0 Å². The molecule has 3 N–H and O–H groups in total. The molecule has 0 aromatic carbocycles. The number of aryl methyl sites for hydroxylation is 1. The van der Waals surface area contributed by atoms with Crippen LogP contribution in [0.5, 0.6) is 0 Å². The lowest BCUT2D eigenvalue weighted by atomic mass is 10.4. The van der Waals surface area contributed by atoms with E-state index in [1.165, 1.54) is 0 Å². The summed E-state index contributed by atoms with van der Waals surface area (Å²) in [7, 11) is 1.82. The number of anilines is 3. The van der Waals surface area contributed by atoms with Gasteiger partial charge in [0.1, 0.15) is 17.5 Å². The molecule has 2 heterocycles. The minimum atomic E-state index is 0.702. The molecule has 0 aliphatic heterocycles. The van der Waals surface area contributed by atoms with Crippen molar-refractivity contribution in [1.29, 1.82) is 0 Å². The molecular formula is C12H16N6. The highest BCUT2D eigenvalue weighted by atomic mass is 15.2. The van der Waals surface area contributed by atoms with E-state index in [1.54, 1.807) is 0 Å². The molecule has 0 aliphatic carbocycles. The van der Waals surface area contributed by atoms with E-state index in [-0.39, 0.29) is 0 Å². The van der Waals surface area contributed by atoms with Gasteiger partial charge < -0.3 is 10.6 Å². The zero-order valence-electron chi connectivity index (χ0n) is 10.7. The lowest BCUT2D eigenvalue weighted by Crippen LogP contribution is -2.01. The molecule has 18 heavy (non-hydrogen) atoms. The van der Waals surface area contributed by atoms with Gasteiger partial charge in [0, 0.05) is 19.2 Å². The quantitative estimate of drug-likeness (QED) is 0.769. The third kappa shape index (κ3) is 2.85. The Labute approximate surface area is 106 Å². The molecule has 0 aliphatic rings. The van der Waals surface area contributed by atoms with Crippen LogP contribution in [0.4, 0.5) is 17.5 Å². The number of H-pyrrole nitrogens is 1. The van der Waals surface area contributed by atoms with Gasteiger partial charge in [0.25, 0.3) is 0 Å². The molecular weight excluding hydrogens is 228 g/mol. The van der Waals surface area contributed by atoms with Crippen LogP contribution in [0.1, 0.15) is 18.4 Å². The van der Waals surface area contributed by atoms with Gasteiger partial charge in [0.2, 0.25) is 0 Å². The maximum atomic E-state index is 4.30. The predicted octanol–water partition coefficient (Wildman–Crippen LogP) is 2.33. The largest absolute Gasteiger partial charge is 0.373 e. The van der Waals surface area contributed by atoms with Crippen molar-refractivity contribution in [3.63, 3.8) is 0 Å². The van der Waals surface area contributed by atoms with Crippen LogP contribution in [0.15, 0.2) is 18.2 Å². The molecule has 0 atom stereocenters. The predicted molar refractivity (Wildman–Crippen MR) is 72.9 cm³/mol. The number of nitrogens with zero attached hydrogens (tertiary/aromatic N) is 3. The van der Waals surface area contributed by atoms with E-state index in [9.17, 15) is 0 Å². The fraction of sp³-hybridized carbons (Fsp3) is 0.250. The van der Waals surface area contributed by atoms with Gasteiger partial charge in [-0.05, 0) is 19.9 Å². The van der Waals surface area contributed by atoms with Crippen molar-refractivity contribution >= 4 is 23.5 Å². The molecule has 0 saturated carbocycles. The Morgan fingerprint density at radius 1 is 1.17 bits per heavy atom. The first kappa shape index (κ1) is 12.1. The molecule has 94 valence electrons. The van der Waals surface area contributed by atoms with Crippen molar-refractivity contribution in [3.8, 4) is 0 Å². The van der Waals surface area contributed by atoms with Gasteiger partial charge in [-0.25, -0.2) is 9.97 Å². The first-order valence-corrected chi connectivity index (χ1v) is 5.70. The summed E-state index contributed by atoms with van der Waals surface area (Å²) < 4.78 is 0. The molecule has 0 amide bonds. The third-order valence-corrected chi connectivity index (χ3v) is 2.29. The minimum Gasteiger partial charge on any atom is -0.373 e. The first-order chi connectivity index (χ1) is 8.71. The Morgan fingerprint density at radius 3 is 2.67 bits per heavy atom. The van der Waals surface area contributed by atoms with Gasteiger partial charge in [0.05, 0.1) is 5.69 Å². The van der Waals surface area contributed by atoms with E-state index in [2.05, 4.69) is 30.8 Å². The van der Waals surface area contributed by atoms with Crippen LogP contribution in [0.25, 0.3) is 6.08 Å². The zero-order chi connectivity index (χ0) is 13.0. The van der Waals surface area contributed by atoms with Crippen LogP contribution in [-0.2, 0) is 0 Å². The molecule has 2 aromatic rings. The van der Waals surface area contributed by atoms with Crippen molar-refractivity contribution in [2.45, 2.75) is 13.8 Å². The molecule has 0 spiro atoms. The molecule has 0 radical (unpaired) electrons. The summed E-state index contributed by atoms with van der Waals surface area (Å²) in [5.74, 6) is 2.91. The lowest BCUT2D eigenvalue weighted by molar-refractivity contribution is 1.04. The first-order valence-electron chi connectivity index (χ1n) is 5.70. The SMILES string of the molecule is C/C=C/c1cc(Nc2cc(NC)nc(C)n2)n[nH]1. The normalized spacial score (nSPS) is 10.8. The standard InChI is InChI=1S/C12H16N6/c1-4-5-9-6-12(18-17-9)16-11-7-10(13-3)14-8(2)15-11/h4-7H,1-3H3,(H3,13,14,15,16,17,18)/b5-4+. The summed E-state index contributed by atoms with van der Waals surface area (Å²) in [4.78, 5) is 8.53. The molecule has 0 unspecified atom stereocenters. The second-order valence-corrected chi connectivity index (χ2v) is 3.77. The summed E-state index contributed by atoms with van der Waals surface area (Å²) in [5, 5.41) is 13.2. The van der Waals surface area contributed by atoms with Crippen LogP contribution < -0.4 is 10.6 Å². The number of rotatable bonds is 4. The number of aromatic nitrogens is 4. The molecule has 2 aromatic heterocycles. The van der Waals surface area contributed by atoms with E-state index in [0.29, 0.717) is 11.6 Å². The monoisotopic (exact) mass is 244 g/mol. The fourth-order valence-corrected chi connectivity index (χ4v) is 1.56. The number of allylic oxidation sites excluding steroid dienone is 1. The topological polar surface area (TPSA) is 78.5 Å². The van der Waals surface area contributed by atoms with Crippen LogP contribution in [0.3, 0.4) is 0 Å². The average molecular weight is 244 g/mol. The number of hydrogen-bond acceptors (Lipinski definition) is 5. The summed E-state index contributed by atoms with van der Waals surface area (Å²) >= 11 is 0.